The van der Waals surface area contributed by atoms with E-state index in [1.54, 1.807) is 0 Å². The first-order valence-electron chi connectivity index (χ1n) is 6.96. The Bertz CT molecular complexity index is 242. The van der Waals surface area contributed by atoms with E-state index in [2.05, 4.69) is 48.9 Å². The Labute approximate surface area is 115 Å². The molecule has 0 aromatic rings. The van der Waals surface area contributed by atoms with Gasteiger partial charge in [0.25, 0.3) is 0 Å². The van der Waals surface area contributed by atoms with E-state index in [4.69, 9.17) is 0 Å². The Hall–Kier alpha value is 0.660. The first-order valence-corrected chi connectivity index (χ1v) is 9.40. The number of nitrogens with one attached hydrogen (secondary N) is 1. The predicted octanol–water partition coefficient (Wildman–Crippen LogP) is 3.78. The number of hydrogen-bond donors (Lipinski definition) is 1. The van der Waals surface area contributed by atoms with Gasteiger partial charge in [-0.05, 0) is 43.1 Å². The molecule has 0 aromatic carbocycles. The smallest absolute Gasteiger partial charge is 0.0166 e. The van der Waals surface area contributed by atoms with Gasteiger partial charge in [0, 0.05) is 23.1 Å². The molecule has 1 saturated heterocycles. The zero-order chi connectivity index (χ0) is 12.3. The summed E-state index contributed by atoms with van der Waals surface area (Å²) in [6.45, 7) is 4.83. The second-order valence-corrected chi connectivity index (χ2v) is 8.64. The number of rotatable bonds is 3. The predicted molar refractivity (Wildman–Crippen MR) is 82.2 cm³/mol. The van der Waals surface area contributed by atoms with E-state index in [-0.39, 0.29) is 0 Å². The third-order valence-electron chi connectivity index (χ3n) is 4.04. The van der Waals surface area contributed by atoms with Crippen molar-refractivity contribution >= 4 is 23.5 Å². The van der Waals surface area contributed by atoms with E-state index >= 15 is 0 Å². The lowest BCUT2D eigenvalue weighted by Gasteiger charge is -2.39. The van der Waals surface area contributed by atoms with E-state index < -0.39 is 0 Å². The Morgan fingerprint density at radius 1 is 1.24 bits per heavy atom. The molecule has 2 rings (SSSR count). The van der Waals surface area contributed by atoms with Crippen LogP contribution in [-0.2, 0) is 0 Å². The maximum absolute atomic E-state index is 3.94. The van der Waals surface area contributed by atoms with Crippen molar-refractivity contribution in [2.24, 2.45) is 5.41 Å². The minimum Gasteiger partial charge on any atom is -0.310 e. The van der Waals surface area contributed by atoms with Crippen LogP contribution in [0.2, 0.25) is 0 Å². The fraction of sp³-hybridized carbons (Fsp3) is 1.00. The summed E-state index contributed by atoms with van der Waals surface area (Å²) in [5, 5.41) is 4.85. The topological polar surface area (TPSA) is 12.0 Å². The summed E-state index contributed by atoms with van der Waals surface area (Å²) in [5.41, 5.74) is 0.536. The molecule has 3 heteroatoms. The first-order chi connectivity index (χ1) is 8.09. The van der Waals surface area contributed by atoms with Gasteiger partial charge in [-0.25, -0.2) is 0 Å². The first kappa shape index (κ1) is 14.1. The van der Waals surface area contributed by atoms with E-state index in [9.17, 15) is 0 Å². The third kappa shape index (κ3) is 4.36. The molecule has 1 heterocycles. The zero-order valence-electron chi connectivity index (χ0n) is 11.5. The molecule has 2 aliphatic rings. The summed E-state index contributed by atoms with van der Waals surface area (Å²) >= 11 is 4.20. The molecule has 17 heavy (non-hydrogen) atoms. The summed E-state index contributed by atoms with van der Waals surface area (Å²) in [7, 11) is 0. The fourth-order valence-corrected chi connectivity index (χ4v) is 5.33. The lowest BCUT2D eigenvalue weighted by molar-refractivity contribution is 0.276. The van der Waals surface area contributed by atoms with Crippen LogP contribution < -0.4 is 5.32 Å². The molecule has 0 aromatic heterocycles. The molecule has 3 unspecified atom stereocenters. The Morgan fingerprint density at radius 2 is 2.06 bits per heavy atom. The van der Waals surface area contributed by atoms with Gasteiger partial charge in [0.2, 0.25) is 0 Å². The molecule has 1 aliphatic heterocycles. The molecule has 100 valence electrons. The highest BCUT2D eigenvalue weighted by Gasteiger charge is 2.30. The van der Waals surface area contributed by atoms with Crippen LogP contribution in [0.5, 0.6) is 0 Å². The van der Waals surface area contributed by atoms with E-state index in [0.717, 1.165) is 17.3 Å². The van der Waals surface area contributed by atoms with Gasteiger partial charge in [-0.3, -0.25) is 0 Å². The van der Waals surface area contributed by atoms with Crippen LogP contribution in [0.15, 0.2) is 0 Å². The Kier molecular flexibility index (Phi) is 5.14. The Balaban J connectivity index is 1.80. The van der Waals surface area contributed by atoms with Crippen LogP contribution in [-0.4, -0.2) is 35.1 Å². The minimum atomic E-state index is 0.536. The van der Waals surface area contributed by atoms with Crippen LogP contribution in [0.3, 0.4) is 0 Å². The van der Waals surface area contributed by atoms with Gasteiger partial charge in [0.15, 0.2) is 0 Å². The molecule has 2 fully saturated rings. The van der Waals surface area contributed by atoms with Crippen molar-refractivity contribution in [1.82, 2.24) is 5.32 Å². The van der Waals surface area contributed by atoms with Crippen molar-refractivity contribution in [1.29, 1.82) is 0 Å². The van der Waals surface area contributed by atoms with Gasteiger partial charge in [-0.1, -0.05) is 20.3 Å². The quantitative estimate of drug-likeness (QED) is 0.840. The summed E-state index contributed by atoms with van der Waals surface area (Å²) in [6.07, 6.45) is 9.28. The number of hydrogen-bond acceptors (Lipinski definition) is 3. The molecule has 0 bridgehead atoms. The normalized spacial score (nSPS) is 37.9. The maximum Gasteiger partial charge on any atom is 0.0166 e. The van der Waals surface area contributed by atoms with Gasteiger partial charge in [0.1, 0.15) is 0 Å². The molecule has 0 radical (unpaired) electrons. The highest BCUT2D eigenvalue weighted by molar-refractivity contribution is 7.99. The second kappa shape index (κ2) is 6.21. The average molecular weight is 274 g/mol. The lowest BCUT2D eigenvalue weighted by atomic mass is 9.86. The summed E-state index contributed by atoms with van der Waals surface area (Å²) in [5.74, 6) is 2.66. The summed E-state index contributed by atoms with van der Waals surface area (Å²) < 4.78 is 0. The van der Waals surface area contributed by atoms with Crippen LogP contribution in [0.4, 0.5) is 0 Å². The van der Waals surface area contributed by atoms with Crippen LogP contribution >= 0.6 is 23.5 Å². The van der Waals surface area contributed by atoms with Crippen molar-refractivity contribution in [3.8, 4) is 0 Å². The van der Waals surface area contributed by atoms with Crippen molar-refractivity contribution in [2.75, 3.05) is 17.8 Å². The summed E-state index contributed by atoms with van der Waals surface area (Å²) in [4.78, 5) is 0. The molecule has 0 amide bonds. The van der Waals surface area contributed by atoms with Crippen molar-refractivity contribution in [3.63, 3.8) is 0 Å². The molecular formula is C14H27NS2. The molecule has 3 atom stereocenters. The molecule has 1 saturated carbocycles. The monoisotopic (exact) mass is 273 g/mol. The van der Waals surface area contributed by atoms with Crippen molar-refractivity contribution in [3.05, 3.63) is 0 Å². The average Bonchev–Trinajstić information content (AvgIpc) is 2.28. The highest BCUT2D eigenvalue weighted by atomic mass is 32.2. The summed E-state index contributed by atoms with van der Waals surface area (Å²) in [6, 6.07) is 1.55. The van der Waals surface area contributed by atoms with Gasteiger partial charge in [-0.15, -0.1) is 0 Å². The van der Waals surface area contributed by atoms with E-state index in [1.165, 1.54) is 43.6 Å². The second-order valence-electron chi connectivity index (χ2n) is 6.47. The van der Waals surface area contributed by atoms with Gasteiger partial charge in [0.05, 0.1) is 0 Å². The van der Waals surface area contributed by atoms with Crippen molar-refractivity contribution < 1.29 is 0 Å². The van der Waals surface area contributed by atoms with Crippen LogP contribution in [0, 0.1) is 5.41 Å². The van der Waals surface area contributed by atoms with Gasteiger partial charge >= 0.3 is 0 Å². The maximum atomic E-state index is 3.94. The molecule has 1 N–H and O–H groups in total. The van der Waals surface area contributed by atoms with E-state index in [0.29, 0.717) is 5.41 Å². The van der Waals surface area contributed by atoms with Gasteiger partial charge in [-0.2, -0.15) is 23.5 Å². The molecule has 1 nitrogen and oxygen atoms in total. The lowest BCUT2D eigenvalue weighted by Crippen LogP contribution is -2.47. The Morgan fingerprint density at radius 3 is 2.76 bits per heavy atom. The minimum absolute atomic E-state index is 0.536. The fourth-order valence-electron chi connectivity index (χ4n) is 3.21. The highest BCUT2D eigenvalue weighted by Crippen LogP contribution is 2.34. The van der Waals surface area contributed by atoms with Crippen LogP contribution in [0.1, 0.15) is 46.0 Å². The van der Waals surface area contributed by atoms with Crippen molar-refractivity contribution in [2.45, 2.75) is 63.3 Å². The standard InChI is InChI=1S/C14H27NS2/c1-14(2)8-12(9-17-10-14)15-11-5-4-6-13(7-11)16-3/h11-13,15H,4-10H2,1-3H3. The van der Waals surface area contributed by atoms with Gasteiger partial charge < -0.3 is 5.32 Å². The third-order valence-corrected chi connectivity index (χ3v) is 6.76. The molecule has 0 spiro atoms. The zero-order valence-corrected chi connectivity index (χ0v) is 13.1. The van der Waals surface area contributed by atoms with E-state index in [1.807, 2.05) is 0 Å². The molecular weight excluding hydrogens is 246 g/mol. The molecule has 1 aliphatic carbocycles. The SMILES string of the molecule is CSC1CCCC(NC2CSCC(C)(C)C2)C1. The van der Waals surface area contributed by atoms with Crippen LogP contribution in [0.25, 0.3) is 0 Å². The largest absolute Gasteiger partial charge is 0.310 e. The number of thioether (sulfide) groups is 2.